The molecule has 32 heavy (non-hydrogen) atoms. The SMILES string of the molecule is C/C=C\c1ccc(OCC(=O)Nc2ccc(NC(=O)CN3CCOCC3)cc2)c(OC)c1. The Balaban J connectivity index is 1.46. The summed E-state index contributed by atoms with van der Waals surface area (Å²) in [4.78, 5) is 26.5. The molecule has 1 saturated heterocycles. The van der Waals surface area contributed by atoms with Crippen LogP contribution >= 0.6 is 0 Å². The van der Waals surface area contributed by atoms with E-state index >= 15 is 0 Å². The first-order valence-electron chi connectivity index (χ1n) is 10.5. The average molecular weight is 440 g/mol. The molecule has 3 rings (SSSR count). The number of allylic oxidation sites excluding steroid dienone is 1. The maximum absolute atomic E-state index is 12.3. The number of morpholine rings is 1. The number of ether oxygens (including phenoxy) is 3. The van der Waals surface area contributed by atoms with Gasteiger partial charge in [-0.15, -0.1) is 0 Å². The standard InChI is InChI=1S/C24H29N3O5/c1-3-4-18-5-10-21(22(15-18)30-2)32-17-24(29)26-20-8-6-19(7-9-20)25-23(28)16-27-11-13-31-14-12-27/h3-10,15H,11-14,16-17H2,1-2H3,(H,25,28)(H,26,29)/b4-3-. The topological polar surface area (TPSA) is 89.1 Å². The highest BCUT2D eigenvalue weighted by molar-refractivity contribution is 5.94. The van der Waals surface area contributed by atoms with E-state index in [-0.39, 0.29) is 18.4 Å². The molecule has 0 unspecified atom stereocenters. The quantitative estimate of drug-likeness (QED) is 0.624. The number of nitrogens with zero attached hydrogens (tertiary/aromatic N) is 1. The van der Waals surface area contributed by atoms with Gasteiger partial charge < -0.3 is 24.8 Å². The molecular weight excluding hydrogens is 410 g/mol. The summed E-state index contributed by atoms with van der Waals surface area (Å²) < 4.78 is 16.2. The fourth-order valence-electron chi connectivity index (χ4n) is 3.24. The molecular formula is C24H29N3O5. The van der Waals surface area contributed by atoms with Gasteiger partial charge in [0.1, 0.15) is 0 Å². The van der Waals surface area contributed by atoms with Gasteiger partial charge in [0.25, 0.3) is 5.91 Å². The van der Waals surface area contributed by atoms with Crippen molar-refractivity contribution in [2.45, 2.75) is 6.92 Å². The van der Waals surface area contributed by atoms with E-state index in [2.05, 4.69) is 15.5 Å². The van der Waals surface area contributed by atoms with E-state index in [1.54, 1.807) is 37.4 Å². The summed E-state index contributed by atoms with van der Waals surface area (Å²) >= 11 is 0. The lowest BCUT2D eigenvalue weighted by Gasteiger charge is -2.25. The second kappa shape index (κ2) is 11.9. The molecule has 0 saturated carbocycles. The smallest absolute Gasteiger partial charge is 0.262 e. The zero-order chi connectivity index (χ0) is 22.8. The monoisotopic (exact) mass is 439 g/mol. The summed E-state index contributed by atoms with van der Waals surface area (Å²) in [6, 6.07) is 12.5. The number of amides is 2. The molecule has 170 valence electrons. The maximum Gasteiger partial charge on any atom is 0.262 e. The largest absolute Gasteiger partial charge is 0.493 e. The number of hydrogen-bond acceptors (Lipinski definition) is 6. The number of rotatable bonds is 9. The van der Waals surface area contributed by atoms with Gasteiger partial charge in [0.2, 0.25) is 5.91 Å². The van der Waals surface area contributed by atoms with Gasteiger partial charge in [-0.05, 0) is 48.9 Å². The van der Waals surface area contributed by atoms with Crippen LogP contribution in [0, 0.1) is 0 Å². The molecule has 1 heterocycles. The van der Waals surface area contributed by atoms with Crippen molar-refractivity contribution >= 4 is 29.3 Å². The molecule has 0 spiro atoms. The van der Waals surface area contributed by atoms with E-state index in [9.17, 15) is 9.59 Å². The van der Waals surface area contributed by atoms with Crippen molar-refractivity contribution in [3.63, 3.8) is 0 Å². The molecule has 1 fully saturated rings. The molecule has 1 aliphatic heterocycles. The zero-order valence-corrected chi connectivity index (χ0v) is 18.4. The van der Waals surface area contributed by atoms with Crippen LogP contribution in [-0.4, -0.2) is 63.3 Å². The average Bonchev–Trinajstić information content (AvgIpc) is 2.80. The number of carbonyl (C=O) groups excluding carboxylic acids is 2. The van der Waals surface area contributed by atoms with Crippen molar-refractivity contribution in [2.75, 3.05) is 57.2 Å². The predicted molar refractivity (Wildman–Crippen MR) is 124 cm³/mol. The molecule has 0 aromatic heterocycles. The predicted octanol–water partition coefficient (Wildman–Crippen LogP) is 3.02. The van der Waals surface area contributed by atoms with Crippen molar-refractivity contribution in [1.82, 2.24) is 4.90 Å². The van der Waals surface area contributed by atoms with E-state index in [4.69, 9.17) is 14.2 Å². The normalized spacial score (nSPS) is 14.2. The van der Waals surface area contributed by atoms with Crippen molar-refractivity contribution in [2.24, 2.45) is 0 Å². The maximum atomic E-state index is 12.3. The number of hydrogen-bond donors (Lipinski definition) is 2. The van der Waals surface area contributed by atoms with Crippen molar-refractivity contribution in [1.29, 1.82) is 0 Å². The third kappa shape index (κ3) is 7.11. The van der Waals surface area contributed by atoms with E-state index < -0.39 is 0 Å². The van der Waals surface area contributed by atoms with Gasteiger partial charge in [0.15, 0.2) is 18.1 Å². The Labute approximate surface area is 188 Å². The second-order valence-corrected chi connectivity index (χ2v) is 7.26. The third-order valence-electron chi connectivity index (χ3n) is 4.83. The molecule has 0 radical (unpaired) electrons. The van der Waals surface area contributed by atoms with Gasteiger partial charge in [-0.3, -0.25) is 14.5 Å². The summed E-state index contributed by atoms with van der Waals surface area (Å²) in [5.74, 6) is 0.681. The Morgan fingerprint density at radius 2 is 1.66 bits per heavy atom. The van der Waals surface area contributed by atoms with E-state index in [1.807, 2.05) is 31.2 Å². The Morgan fingerprint density at radius 1 is 1.00 bits per heavy atom. The molecule has 2 N–H and O–H groups in total. The lowest BCUT2D eigenvalue weighted by atomic mass is 10.2. The molecule has 2 amide bonds. The number of methoxy groups -OCH3 is 1. The van der Waals surface area contributed by atoms with Crippen molar-refractivity contribution < 1.29 is 23.8 Å². The van der Waals surface area contributed by atoms with Crippen LogP contribution in [0.1, 0.15) is 12.5 Å². The van der Waals surface area contributed by atoms with Crippen molar-refractivity contribution in [3.05, 3.63) is 54.1 Å². The van der Waals surface area contributed by atoms with E-state index in [1.165, 1.54) is 0 Å². The van der Waals surface area contributed by atoms with Crippen LogP contribution in [0.3, 0.4) is 0 Å². The summed E-state index contributed by atoms with van der Waals surface area (Å²) in [5.41, 5.74) is 2.27. The van der Waals surface area contributed by atoms with Gasteiger partial charge >= 0.3 is 0 Å². The van der Waals surface area contributed by atoms with Crippen LogP contribution in [0.25, 0.3) is 6.08 Å². The molecule has 0 aliphatic carbocycles. The summed E-state index contributed by atoms with van der Waals surface area (Å²) in [6.45, 7) is 4.93. The lowest BCUT2D eigenvalue weighted by molar-refractivity contribution is -0.119. The molecule has 0 bridgehead atoms. The highest BCUT2D eigenvalue weighted by atomic mass is 16.5. The molecule has 8 heteroatoms. The van der Waals surface area contributed by atoms with E-state index in [0.717, 1.165) is 18.7 Å². The number of nitrogens with one attached hydrogen (secondary N) is 2. The van der Waals surface area contributed by atoms with Crippen LogP contribution < -0.4 is 20.1 Å². The number of benzene rings is 2. The van der Waals surface area contributed by atoms with Crippen molar-refractivity contribution in [3.8, 4) is 11.5 Å². The van der Waals surface area contributed by atoms with Crippen LogP contribution in [-0.2, 0) is 14.3 Å². The molecule has 0 atom stereocenters. The first-order chi connectivity index (χ1) is 15.6. The third-order valence-corrected chi connectivity index (χ3v) is 4.83. The zero-order valence-electron chi connectivity index (χ0n) is 18.4. The highest BCUT2D eigenvalue weighted by Gasteiger charge is 2.14. The Bertz CT molecular complexity index is 937. The van der Waals surface area contributed by atoms with Gasteiger partial charge in [-0.1, -0.05) is 18.2 Å². The summed E-state index contributed by atoms with van der Waals surface area (Å²) in [7, 11) is 1.56. The summed E-state index contributed by atoms with van der Waals surface area (Å²) in [6.07, 6.45) is 3.89. The lowest BCUT2D eigenvalue weighted by Crippen LogP contribution is -2.41. The Kier molecular flexibility index (Phi) is 8.65. The first kappa shape index (κ1) is 23.3. The van der Waals surface area contributed by atoms with Crippen LogP contribution in [0.15, 0.2) is 48.5 Å². The van der Waals surface area contributed by atoms with Gasteiger partial charge in [0.05, 0.1) is 26.9 Å². The van der Waals surface area contributed by atoms with Crippen LogP contribution in [0.5, 0.6) is 11.5 Å². The highest BCUT2D eigenvalue weighted by Crippen LogP contribution is 2.28. The molecule has 8 nitrogen and oxygen atoms in total. The number of carbonyl (C=O) groups is 2. The Morgan fingerprint density at radius 3 is 2.28 bits per heavy atom. The van der Waals surface area contributed by atoms with Gasteiger partial charge in [0, 0.05) is 24.5 Å². The minimum Gasteiger partial charge on any atom is -0.493 e. The molecule has 2 aromatic carbocycles. The molecule has 1 aliphatic rings. The minimum absolute atomic E-state index is 0.0773. The van der Waals surface area contributed by atoms with Crippen LogP contribution in [0.2, 0.25) is 0 Å². The van der Waals surface area contributed by atoms with E-state index in [0.29, 0.717) is 42.6 Å². The fourth-order valence-corrected chi connectivity index (χ4v) is 3.24. The Hall–Kier alpha value is -3.36. The molecule has 2 aromatic rings. The fraction of sp³-hybridized carbons (Fsp3) is 0.333. The number of anilines is 2. The minimum atomic E-state index is -0.298. The first-order valence-corrected chi connectivity index (χ1v) is 10.5. The van der Waals surface area contributed by atoms with Gasteiger partial charge in [-0.25, -0.2) is 0 Å². The summed E-state index contributed by atoms with van der Waals surface area (Å²) in [5, 5.41) is 5.64. The van der Waals surface area contributed by atoms with Gasteiger partial charge in [-0.2, -0.15) is 0 Å². The second-order valence-electron chi connectivity index (χ2n) is 7.26. The van der Waals surface area contributed by atoms with Crippen LogP contribution in [0.4, 0.5) is 11.4 Å².